The lowest BCUT2D eigenvalue weighted by atomic mass is 10.0. The summed E-state index contributed by atoms with van der Waals surface area (Å²) in [5.41, 5.74) is -1.21. The fourth-order valence-electron chi connectivity index (χ4n) is 4.82. The van der Waals surface area contributed by atoms with Crippen LogP contribution >= 0.6 is 0 Å². The molecule has 1 aromatic heterocycles. The van der Waals surface area contributed by atoms with Crippen molar-refractivity contribution < 1.29 is 47.0 Å². The smallest absolute Gasteiger partial charge is 0.422 e. The Morgan fingerprint density at radius 2 is 1.70 bits per heavy atom. The average Bonchev–Trinajstić information content (AvgIpc) is 3.30. The molecule has 16 nitrogen and oxygen atoms in total. The number of rotatable bonds is 18. The molecule has 46 heavy (non-hydrogen) atoms. The zero-order chi connectivity index (χ0) is 33.7. The minimum absolute atomic E-state index is 0.196. The molecule has 1 aromatic carbocycles. The van der Waals surface area contributed by atoms with Gasteiger partial charge in [0.15, 0.2) is 6.23 Å². The van der Waals surface area contributed by atoms with E-state index in [2.05, 4.69) is 12.2 Å². The number of benzene rings is 1. The van der Waals surface area contributed by atoms with Crippen LogP contribution in [0.25, 0.3) is 0 Å². The number of aromatic amines is 1. The molecule has 17 heteroatoms. The zero-order valence-electron chi connectivity index (χ0n) is 25.4. The topological polar surface area (TPSA) is 236 Å². The fourth-order valence-corrected chi connectivity index (χ4v) is 5.46. The third kappa shape index (κ3) is 11.3. The Bertz CT molecular complexity index is 1480. The summed E-state index contributed by atoms with van der Waals surface area (Å²) in [6.45, 7) is 0.668. The van der Waals surface area contributed by atoms with Crippen molar-refractivity contribution in [2.24, 2.45) is 0 Å². The number of aromatic nitrogens is 2. The standard InChI is InChI=1S/C29H42N4O12S/c1-2-3-4-5-6-7-11-14-22(34)30-20(24(36)19-12-9-8-10-13-19)17-43-29(40)32-46(41,42)44-18-21-25(37)26(38)27(45-21)33-16-15-23(35)31-28(33)39/h8-10,12-13,15-16,20-21,24-27,36-38H,2-7,11,14,17-18H2,1H3,(H,30,34)(H,32,40)(H,31,35,39). The second-order valence-corrected chi connectivity index (χ2v) is 12.3. The van der Waals surface area contributed by atoms with Gasteiger partial charge in [-0.1, -0.05) is 75.8 Å². The average molecular weight is 671 g/mol. The van der Waals surface area contributed by atoms with E-state index in [1.807, 2.05) is 4.98 Å². The van der Waals surface area contributed by atoms with Crippen LogP contribution in [0.3, 0.4) is 0 Å². The summed E-state index contributed by atoms with van der Waals surface area (Å²) in [6.07, 6.45) is -0.776. The van der Waals surface area contributed by atoms with Gasteiger partial charge in [-0.15, -0.1) is 0 Å². The van der Waals surface area contributed by atoms with Crippen LogP contribution in [0.15, 0.2) is 52.2 Å². The Balaban J connectivity index is 1.52. The zero-order valence-corrected chi connectivity index (χ0v) is 26.3. The summed E-state index contributed by atoms with van der Waals surface area (Å²) >= 11 is 0. The SMILES string of the molecule is CCCCCCCCCC(=O)NC(COC(=O)NS(=O)(=O)OCC1OC(n2ccc(=O)[nH]c2=O)C(O)C1O)C(O)c1ccccc1. The van der Waals surface area contributed by atoms with E-state index in [0.717, 1.165) is 48.9 Å². The van der Waals surface area contributed by atoms with E-state index in [4.69, 9.17) is 13.7 Å². The number of nitrogens with zero attached hydrogens (tertiary/aromatic N) is 1. The van der Waals surface area contributed by atoms with Crippen LogP contribution in [0.2, 0.25) is 0 Å². The van der Waals surface area contributed by atoms with Crippen molar-refractivity contribution in [3.63, 3.8) is 0 Å². The van der Waals surface area contributed by atoms with Crippen LogP contribution in [0, 0.1) is 0 Å². The highest BCUT2D eigenvalue weighted by molar-refractivity contribution is 7.85. The molecule has 3 rings (SSSR count). The van der Waals surface area contributed by atoms with E-state index in [0.29, 0.717) is 12.0 Å². The number of aliphatic hydroxyl groups excluding tert-OH is 3. The van der Waals surface area contributed by atoms with Gasteiger partial charge >= 0.3 is 22.1 Å². The number of carbonyl (C=O) groups excluding carboxylic acids is 2. The summed E-state index contributed by atoms with van der Waals surface area (Å²) in [5.74, 6) is -0.367. The lowest BCUT2D eigenvalue weighted by molar-refractivity contribution is -0.123. The molecule has 0 radical (unpaired) electrons. The molecule has 256 valence electrons. The van der Waals surface area contributed by atoms with Gasteiger partial charge in [0.25, 0.3) is 5.56 Å². The highest BCUT2D eigenvalue weighted by Gasteiger charge is 2.45. The lowest BCUT2D eigenvalue weighted by Gasteiger charge is -2.24. The largest absolute Gasteiger partial charge is 0.447 e. The van der Waals surface area contributed by atoms with Gasteiger partial charge < -0.3 is 30.1 Å². The van der Waals surface area contributed by atoms with Crippen LogP contribution in [-0.2, 0) is 28.8 Å². The van der Waals surface area contributed by atoms with Crippen molar-refractivity contribution in [1.82, 2.24) is 19.6 Å². The number of aliphatic hydroxyl groups is 3. The summed E-state index contributed by atoms with van der Waals surface area (Å²) in [7, 11) is -4.84. The van der Waals surface area contributed by atoms with E-state index >= 15 is 0 Å². The third-order valence-electron chi connectivity index (χ3n) is 7.33. The maximum atomic E-state index is 12.6. The first-order valence-electron chi connectivity index (χ1n) is 15.1. The van der Waals surface area contributed by atoms with Crippen molar-refractivity contribution in [3.05, 3.63) is 69.0 Å². The Morgan fingerprint density at radius 3 is 2.37 bits per heavy atom. The number of ether oxygens (including phenoxy) is 2. The summed E-state index contributed by atoms with van der Waals surface area (Å²) < 4.78 is 42.2. The van der Waals surface area contributed by atoms with Gasteiger partial charge in [0.2, 0.25) is 5.91 Å². The number of amides is 2. The Kier molecular flexibility index (Phi) is 14.4. The van der Waals surface area contributed by atoms with Crippen molar-refractivity contribution in [2.75, 3.05) is 13.2 Å². The van der Waals surface area contributed by atoms with Gasteiger partial charge in [0.05, 0.1) is 12.6 Å². The van der Waals surface area contributed by atoms with Crippen molar-refractivity contribution in [3.8, 4) is 0 Å². The van der Waals surface area contributed by atoms with Crippen molar-refractivity contribution >= 4 is 22.3 Å². The summed E-state index contributed by atoms with van der Waals surface area (Å²) in [4.78, 5) is 50.3. The molecule has 2 heterocycles. The second-order valence-electron chi connectivity index (χ2n) is 10.9. The number of hydrogen-bond acceptors (Lipinski definition) is 12. The van der Waals surface area contributed by atoms with E-state index < -0.39 is 77.5 Å². The maximum absolute atomic E-state index is 12.6. The second kappa shape index (κ2) is 17.9. The Labute approximate surface area is 266 Å². The molecular formula is C29H42N4O12S. The minimum atomic E-state index is -4.84. The van der Waals surface area contributed by atoms with Gasteiger partial charge in [-0.05, 0) is 12.0 Å². The quantitative estimate of drug-likeness (QED) is 0.119. The number of nitrogens with one attached hydrogen (secondary N) is 3. The molecule has 2 amide bonds. The summed E-state index contributed by atoms with van der Waals surface area (Å²) in [5, 5.41) is 34.1. The molecule has 6 atom stereocenters. The van der Waals surface area contributed by atoms with E-state index in [9.17, 15) is 42.9 Å². The molecule has 6 unspecified atom stereocenters. The molecule has 1 aliphatic rings. The number of H-pyrrole nitrogens is 1. The molecule has 0 aliphatic carbocycles. The van der Waals surface area contributed by atoms with Gasteiger partial charge in [-0.25, -0.2) is 9.59 Å². The normalized spacial score (nSPS) is 21.0. The number of hydrogen-bond donors (Lipinski definition) is 6. The highest BCUT2D eigenvalue weighted by Crippen LogP contribution is 2.28. The van der Waals surface area contributed by atoms with Crippen LogP contribution in [0.1, 0.15) is 76.2 Å². The van der Waals surface area contributed by atoms with E-state index in [-0.39, 0.29) is 12.3 Å². The molecule has 0 bridgehead atoms. The molecular weight excluding hydrogens is 628 g/mol. The van der Waals surface area contributed by atoms with Gasteiger partial charge in [0, 0.05) is 18.7 Å². The van der Waals surface area contributed by atoms with Crippen molar-refractivity contribution in [1.29, 1.82) is 0 Å². The predicted octanol–water partition coefficient (Wildman–Crippen LogP) is 0.503. The van der Waals surface area contributed by atoms with Crippen LogP contribution in [0.5, 0.6) is 0 Å². The van der Waals surface area contributed by atoms with Gasteiger partial charge in [-0.2, -0.15) is 13.1 Å². The van der Waals surface area contributed by atoms with Gasteiger partial charge in [-0.3, -0.25) is 23.3 Å². The van der Waals surface area contributed by atoms with Crippen LogP contribution in [-0.4, -0.2) is 82.9 Å². The molecule has 1 saturated heterocycles. The van der Waals surface area contributed by atoms with Crippen LogP contribution in [0.4, 0.5) is 4.79 Å². The van der Waals surface area contributed by atoms with Crippen molar-refractivity contribution in [2.45, 2.75) is 95.0 Å². The molecule has 2 aromatic rings. The van der Waals surface area contributed by atoms with Gasteiger partial charge in [0.1, 0.15) is 31.0 Å². The Hall–Kier alpha value is -3.61. The van der Waals surface area contributed by atoms with E-state index in [1.54, 1.807) is 30.3 Å². The Morgan fingerprint density at radius 1 is 1.02 bits per heavy atom. The minimum Gasteiger partial charge on any atom is -0.447 e. The summed E-state index contributed by atoms with van der Waals surface area (Å²) in [6, 6.07) is 8.21. The lowest BCUT2D eigenvalue weighted by Crippen LogP contribution is -2.44. The monoisotopic (exact) mass is 670 g/mol. The van der Waals surface area contributed by atoms with Crippen LogP contribution < -0.4 is 21.3 Å². The fraction of sp³-hybridized carbons (Fsp3) is 0.586. The number of unbranched alkanes of at least 4 members (excludes halogenated alkanes) is 6. The first kappa shape index (κ1) is 36.9. The molecule has 1 fully saturated rings. The molecule has 0 saturated carbocycles. The molecule has 6 N–H and O–H groups in total. The maximum Gasteiger partial charge on any atom is 0.422 e. The highest BCUT2D eigenvalue weighted by atomic mass is 32.2. The predicted molar refractivity (Wildman–Crippen MR) is 163 cm³/mol. The first-order valence-corrected chi connectivity index (χ1v) is 16.5. The molecule has 1 aliphatic heterocycles. The number of carbonyl (C=O) groups is 2. The third-order valence-corrected chi connectivity index (χ3v) is 8.19. The molecule has 0 spiro atoms. The van der Waals surface area contributed by atoms with E-state index in [1.165, 1.54) is 11.1 Å². The first-order chi connectivity index (χ1) is 21.9.